The van der Waals surface area contributed by atoms with E-state index < -0.39 is 0 Å². The molecule has 106 valence electrons. The summed E-state index contributed by atoms with van der Waals surface area (Å²) in [6.07, 6.45) is 1.92. The number of hydrogen-bond acceptors (Lipinski definition) is 2. The Morgan fingerprint density at radius 2 is 1.95 bits per heavy atom. The highest BCUT2D eigenvalue weighted by Gasteiger charge is 2.15. The summed E-state index contributed by atoms with van der Waals surface area (Å²) < 4.78 is 3.73. The molecule has 0 aliphatic rings. The van der Waals surface area contributed by atoms with Gasteiger partial charge >= 0.3 is 0 Å². The minimum atomic E-state index is -0.0181. The molecule has 2 aromatic rings. The highest BCUT2D eigenvalue weighted by molar-refractivity contribution is 9.10. The van der Waals surface area contributed by atoms with Crippen molar-refractivity contribution in [1.29, 1.82) is 0 Å². The van der Waals surface area contributed by atoms with Gasteiger partial charge in [-0.05, 0) is 47.1 Å². The molecule has 0 saturated carbocycles. The predicted octanol–water partition coefficient (Wildman–Crippen LogP) is 3.70. The fourth-order valence-electron chi connectivity index (χ4n) is 1.82. The van der Waals surface area contributed by atoms with Crippen LogP contribution in [-0.2, 0) is 13.1 Å². The number of amides is 1. The molecule has 0 unspecified atom stereocenters. The van der Waals surface area contributed by atoms with Crippen LogP contribution < -0.4 is 0 Å². The molecule has 0 spiro atoms. The van der Waals surface area contributed by atoms with Crippen molar-refractivity contribution in [3.63, 3.8) is 0 Å². The highest BCUT2D eigenvalue weighted by atomic mass is 79.9. The van der Waals surface area contributed by atoms with E-state index in [-0.39, 0.29) is 5.91 Å². The van der Waals surface area contributed by atoms with Crippen LogP contribution in [0.5, 0.6) is 0 Å². The highest BCUT2D eigenvalue weighted by Crippen LogP contribution is 2.18. The second-order valence-corrected chi connectivity index (χ2v) is 6.22. The largest absolute Gasteiger partial charge is 0.336 e. The molecule has 0 saturated heterocycles. The van der Waals surface area contributed by atoms with E-state index in [1.807, 2.05) is 42.1 Å². The standard InChI is InChI=1S/C14H15Br2N3O/c1-3-19-8-12(16)13(17-19)9-18(2)14(20)10-4-6-11(15)7-5-10/h4-8H,3,9H2,1-2H3. The van der Waals surface area contributed by atoms with Crippen molar-refractivity contribution in [2.75, 3.05) is 7.05 Å². The third kappa shape index (κ3) is 3.49. The van der Waals surface area contributed by atoms with Gasteiger partial charge in [0.25, 0.3) is 5.91 Å². The molecule has 0 aliphatic heterocycles. The van der Waals surface area contributed by atoms with E-state index in [2.05, 4.69) is 37.0 Å². The minimum Gasteiger partial charge on any atom is -0.336 e. The molecule has 0 N–H and O–H groups in total. The number of aromatic nitrogens is 2. The van der Waals surface area contributed by atoms with E-state index in [0.29, 0.717) is 12.1 Å². The fourth-order valence-corrected chi connectivity index (χ4v) is 2.52. The molecule has 1 amide bonds. The molecular formula is C14H15Br2N3O. The first-order valence-corrected chi connectivity index (χ1v) is 7.82. The molecule has 0 radical (unpaired) electrons. The first-order chi connectivity index (χ1) is 9.51. The maximum Gasteiger partial charge on any atom is 0.253 e. The topological polar surface area (TPSA) is 38.1 Å². The van der Waals surface area contributed by atoms with Gasteiger partial charge in [-0.2, -0.15) is 5.10 Å². The third-order valence-electron chi connectivity index (χ3n) is 2.94. The van der Waals surface area contributed by atoms with Gasteiger partial charge in [-0.15, -0.1) is 0 Å². The van der Waals surface area contributed by atoms with E-state index in [1.54, 1.807) is 11.9 Å². The minimum absolute atomic E-state index is 0.0181. The maximum absolute atomic E-state index is 12.3. The normalized spacial score (nSPS) is 10.6. The molecule has 1 aromatic carbocycles. The number of aryl methyl sites for hydroxylation is 1. The van der Waals surface area contributed by atoms with Crippen molar-refractivity contribution in [1.82, 2.24) is 14.7 Å². The number of benzene rings is 1. The molecule has 0 atom stereocenters. The summed E-state index contributed by atoms with van der Waals surface area (Å²) in [6, 6.07) is 7.34. The lowest BCUT2D eigenvalue weighted by molar-refractivity contribution is 0.0783. The van der Waals surface area contributed by atoms with Crippen molar-refractivity contribution in [2.45, 2.75) is 20.0 Å². The van der Waals surface area contributed by atoms with Crippen LogP contribution in [0.15, 0.2) is 39.4 Å². The summed E-state index contributed by atoms with van der Waals surface area (Å²) in [6.45, 7) is 3.31. The Balaban J connectivity index is 2.10. The Kier molecular flexibility index (Phi) is 4.99. The van der Waals surface area contributed by atoms with E-state index in [1.165, 1.54) is 0 Å². The van der Waals surface area contributed by atoms with Gasteiger partial charge in [-0.3, -0.25) is 9.48 Å². The second kappa shape index (κ2) is 6.54. The molecule has 1 heterocycles. The van der Waals surface area contributed by atoms with Crippen LogP contribution in [0.4, 0.5) is 0 Å². The van der Waals surface area contributed by atoms with E-state index >= 15 is 0 Å². The molecule has 0 bridgehead atoms. The fraction of sp³-hybridized carbons (Fsp3) is 0.286. The molecule has 1 aromatic heterocycles. The van der Waals surface area contributed by atoms with Crippen LogP contribution >= 0.6 is 31.9 Å². The Labute approximate surface area is 135 Å². The zero-order valence-electron chi connectivity index (χ0n) is 11.3. The van der Waals surface area contributed by atoms with Gasteiger partial charge in [0.15, 0.2) is 0 Å². The third-order valence-corrected chi connectivity index (χ3v) is 4.13. The van der Waals surface area contributed by atoms with Gasteiger partial charge in [0.2, 0.25) is 0 Å². The number of halogens is 2. The lowest BCUT2D eigenvalue weighted by atomic mass is 10.2. The Morgan fingerprint density at radius 1 is 1.30 bits per heavy atom. The van der Waals surface area contributed by atoms with Gasteiger partial charge in [-0.25, -0.2) is 0 Å². The van der Waals surface area contributed by atoms with Crippen LogP contribution in [0.25, 0.3) is 0 Å². The molecule has 6 heteroatoms. The van der Waals surface area contributed by atoms with Gasteiger partial charge in [0, 0.05) is 29.8 Å². The Bertz CT molecular complexity index is 607. The van der Waals surface area contributed by atoms with Crippen molar-refractivity contribution in [3.8, 4) is 0 Å². The molecule has 0 fully saturated rings. The molecule has 20 heavy (non-hydrogen) atoms. The average molecular weight is 401 g/mol. The zero-order chi connectivity index (χ0) is 14.7. The number of carbonyl (C=O) groups is 1. The number of hydrogen-bond donors (Lipinski definition) is 0. The van der Waals surface area contributed by atoms with E-state index in [0.717, 1.165) is 21.2 Å². The molecule has 2 rings (SSSR count). The first-order valence-electron chi connectivity index (χ1n) is 6.24. The number of carbonyl (C=O) groups excluding carboxylic acids is 1. The number of nitrogens with zero attached hydrogens (tertiary/aromatic N) is 3. The lowest BCUT2D eigenvalue weighted by Gasteiger charge is -2.16. The number of rotatable bonds is 4. The second-order valence-electron chi connectivity index (χ2n) is 4.45. The SMILES string of the molecule is CCn1cc(Br)c(CN(C)C(=O)c2ccc(Br)cc2)n1. The first kappa shape index (κ1) is 15.3. The van der Waals surface area contributed by atoms with Gasteiger partial charge in [0.05, 0.1) is 16.7 Å². The summed E-state index contributed by atoms with van der Waals surface area (Å²) >= 11 is 6.84. The zero-order valence-corrected chi connectivity index (χ0v) is 14.5. The maximum atomic E-state index is 12.3. The molecule has 0 aliphatic carbocycles. The predicted molar refractivity (Wildman–Crippen MR) is 85.5 cm³/mol. The van der Waals surface area contributed by atoms with Crippen molar-refractivity contribution in [3.05, 3.63) is 50.7 Å². The van der Waals surface area contributed by atoms with Gasteiger partial charge in [-0.1, -0.05) is 15.9 Å². The summed E-state index contributed by atoms with van der Waals surface area (Å²) in [5.41, 5.74) is 1.53. The monoisotopic (exact) mass is 399 g/mol. The summed E-state index contributed by atoms with van der Waals surface area (Å²) in [5.74, 6) is -0.0181. The lowest BCUT2D eigenvalue weighted by Crippen LogP contribution is -2.26. The van der Waals surface area contributed by atoms with Gasteiger partial charge in [0.1, 0.15) is 0 Å². The van der Waals surface area contributed by atoms with Crippen molar-refractivity contribution < 1.29 is 4.79 Å². The Morgan fingerprint density at radius 3 is 2.50 bits per heavy atom. The van der Waals surface area contributed by atoms with Crippen molar-refractivity contribution in [2.24, 2.45) is 0 Å². The Hall–Kier alpha value is -1.14. The summed E-state index contributed by atoms with van der Waals surface area (Å²) in [7, 11) is 1.78. The molecule has 4 nitrogen and oxygen atoms in total. The van der Waals surface area contributed by atoms with Crippen LogP contribution in [0.3, 0.4) is 0 Å². The molecular weight excluding hydrogens is 386 g/mol. The quantitative estimate of drug-likeness (QED) is 0.784. The van der Waals surface area contributed by atoms with Gasteiger partial charge < -0.3 is 4.90 Å². The smallest absolute Gasteiger partial charge is 0.253 e. The van der Waals surface area contributed by atoms with Crippen LogP contribution in [0.2, 0.25) is 0 Å². The van der Waals surface area contributed by atoms with Crippen LogP contribution in [-0.4, -0.2) is 27.6 Å². The summed E-state index contributed by atoms with van der Waals surface area (Å²) in [4.78, 5) is 14.0. The van der Waals surface area contributed by atoms with Crippen LogP contribution in [0, 0.1) is 0 Å². The van der Waals surface area contributed by atoms with E-state index in [4.69, 9.17) is 0 Å². The average Bonchev–Trinajstić information content (AvgIpc) is 2.79. The van der Waals surface area contributed by atoms with Crippen molar-refractivity contribution >= 4 is 37.8 Å². The summed E-state index contributed by atoms with van der Waals surface area (Å²) in [5, 5.41) is 4.43. The van der Waals surface area contributed by atoms with Crippen LogP contribution in [0.1, 0.15) is 23.0 Å². The van der Waals surface area contributed by atoms with E-state index in [9.17, 15) is 4.79 Å².